The monoisotopic (exact) mass is 606 g/mol. The summed E-state index contributed by atoms with van der Waals surface area (Å²) in [6, 6.07) is 8.09. The lowest BCUT2D eigenvalue weighted by Crippen LogP contribution is -2.16. The van der Waals surface area contributed by atoms with E-state index in [-0.39, 0.29) is 51.3 Å². The molecule has 1 aliphatic carbocycles. The Labute approximate surface area is 220 Å². The summed E-state index contributed by atoms with van der Waals surface area (Å²) in [6.07, 6.45) is -3.38. The molecule has 1 fully saturated rings. The second kappa shape index (κ2) is 10.3. The van der Waals surface area contributed by atoms with Crippen molar-refractivity contribution in [2.75, 3.05) is 5.32 Å². The van der Waals surface area contributed by atoms with Gasteiger partial charge in [0.15, 0.2) is 5.69 Å². The number of carbonyl (C=O) groups is 1. The van der Waals surface area contributed by atoms with E-state index in [1.165, 1.54) is 28.9 Å². The van der Waals surface area contributed by atoms with Crippen LogP contribution in [0.15, 0.2) is 40.9 Å². The topological polar surface area (TPSA) is 99.3 Å². The van der Waals surface area contributed by atoms with Crippen LogP contribution in [0.25, 0.3) is 0 Å². The predicted molar refractivity (Wildman–Crippen MR) is 130 cm³/mol. The fourth-order valence-corrected chi connectivity index (χ4v) is 4.77. The first-order chi connectivity index (χ1) is 16.9. The highest BCUT2D eigenvalue weighted by atomic mass is 79.9. The Balaban J connectivity index is 1.50. The van der Waals surface area contributed by atoms with Gasteiger partial charge in [-0.2, -0.15) is 18.3 Å². The number of ether oxygens (including phenoxy) is 1. The molecule has 36 heavy (non-hydrogen) atoms. The van der Waals surface area contributed by atoms with Crippen LogP contribution in [-0.4, -0.2) is 20.6 Å². The van der Waals surface area contributed by atoms with Crippen LogP contribution in [0.3, 0.4) is 0 Å². The van der Waals surface area contributed by atoms with Crippen molar-refractivity contribution in [1.82, 2.24) is 9.78 Å². The predicted octanol–water partition coefficient (Wildman–Crippen LogP) is 7.58. The number of hydrogen-bond acceptors (Lipinski definition) is 5. The van der Waals surface area contributed by atoms with E-state index in [4.69, 9.17) is 27.9 Å². The Kier molecular flexibility index (Phi) is 7.48. The van der Waals surface area contributed by atoms with Crippen molar-refractivity contribution in [2.24, 2.45) is 0 Å². The van der Waals surface area contributed by atoms with Gasteiger partial charge in [-0.3, -0.25) is 19.6 Å². The van der Waals surface area contributed by atoms with Crippen molar-refractivity contribution in [2.45, 2.75) is 37.9 Å². The highest BCUT2D eigenvalue weighted by molar-refractivity contribution is 9.10. The minimum absolute atomic E-state index is 0.0329. The molecule has 190 valence electrons. The van der Waals surface area contributed by atoms with Gasteiger partial charge >= 0.3 is 6.18 Å². The molecule has 1 saturated carbocycles. The second-order valence-electron chi connectivity index (χ2n) is 7.99. The van der Waals surface area contributed by atoms with Crippen LogP contribution in [0, 0.1) is 10.1 Å². The molecule has 14 heteroatoms. The lowest BCUT2D eigenvalue weighted by atomic mass is 10.2. The molecule has 1 N–H and O–H groups in total. The Morgan fingerprint density at radius 3 is 2.58 bits per heavy atom. The number of halogens is 6. The Morgan fingerprint density at radius 2 is 1.97 bits per heavy atom. The molecule has 1 aromatic heterocycles. The van der Waals surface area contributed by atoms with E-state index >= 15 is 0 Å². The van der Waals surface area contributed by atoms with Gasteiger partial charge in [-0.15, -0.1) is 0 Å². The first-order valence-corrected chi connectivity index (χ1v) is 12.0. The molecule has 0 saturated heterocycles. The van der Waals surface area contributed by atoms with Crippen molar-refractivity contribution in [3.8, 4) is 11.5 Å². The van der Waals surface area contributed by atoms with Crippen LogP contribution < -0.4 is 10.1 Å². The second-order valence-corrected chi connectivity index (χ2v) is 9.63. The standard InChI is InChI=1S/C22H16BrCl2F3N4O4/c23-19-20(11-1-2-11)31(30-21(19)22(26,27)28)6-5-18(33)29-13-8-14(32(34)35)10-15(9-13)36-17-4-3-12(24)7-16(17)25/h3-4,7-11H,1-2,5-6H2,(H,29,33). The van der Waals surface area contributed by atoms with Gasteiger partial charge in [0.05, 0.1) is 38.4 Å². The van der Waals surface area contributed by atoms with Crippen molar-refractivity contribution >= 4 is 56.4 Å². The number of alkyl halides is 3. The SMILES string of the molecule is O=C(CCn1nc(C(F)(F)F)c(Br)c1C1CC1)Nc1cc(Oc2ccc(Cl)cc2Cl)cc([N+](=O)[O-])c1. The van der Waals surface area contributed by atoms with E-state index in [0.29, 0.717) is 10.7 Å². The number of aromatic nitrogens is 2. The van der Waals surface area contributed by atoms with Gasteiger partial charge in [0.25, 0.3) is 5.69 Å². The summed E-state index contributed by atoms with van der Waals surface area (Å²) in [5.41, 5.74) is -0.920. The molecule has 0 unspecified atom stereocenters. The van der Waals surface area contributed by atoms with Crippen LogP contribution >= 0.6 is 39.1 Å². The van der Waals surface area contributed by atoms with Crippen molar-refractivity contribution in [3.05, 3.63) is 72.4 Å². The number of amides is 1. The van der Waals surface area contributed by atoms with E-state index < -0.39 is 22.7 Å². The van der Waals surface area contributed by atoms with Gasteiger partial charge in [0.1, 0.15) is 11.5 Å². The van der Waals surface area contributed by atoms with Crippen molar-refractivity contribution in [1.29, 1.82) is 0 Å². The molecule has 1 amide bonds. The third kappa shape index (κ3) is 6.11. The van der Waals surface area contributed by atoms with Crippen molar-refractivity contribution < 1.29 is 27.6 Å². The van der Waals surface area contributed by atoms with Crippen LogP contribution in [0.2, 0.25) is 10.0 Å². The van der Waals surface area contributed by atoms with E-state index in [0.717, 1.165) is 25.0 Å². The summed E-state index contributed by atoms with van der Waals surface area (Å²) in [7, 11) is 0. The van der Waals surface area contributed by atoms with Crippen LogP contribution in [0.5, 0.6) is 11.5 Å². The molecule has 0 radical (unpaired) electrons. The van der Waals surface area contributed by atoms with Crippen LogP contribution in [0.4, 0.5) is 24.5 Å². The molecule has 1 aliphatic rings. The zero-order valence-electron chi connectivity index (χ0n) is 18.1. The van der Waals surface area contributed by atoms with Gasteiger partial charge in [-0.25, -0.2) is 0 Å². The number of carbonyl (C=O) groups excluding carboxylic acids is 1. The molecule has 4 rings (SSSR count). The normalized spacial score (nSPS) is 13.5. The Hall–Kier alpha value is -2.83. The Bertz CT molecular complexity index is 1350. The number of nitro benzene ring substituents is 1. The number of nitrogens with zero attached hydrogens (tertiary/aromatic N) is 3. The first-order valence-electron chi connectivity index (χ1n) is 10.5. The lowest BCUT2D eigenvalue weighted by molar-refractivity contribution is -0.384. The summed E-state index contributed by atoms with van der Waals surface area (Å²) < 4.78 is 46.6. The summed E-state index contributed by atoms with van der Waals surface area (Å²) in [5, 5.41) is 18.1. The smallest absolute Gasteiger partial charge is 0.436 e. The molecule has 1 heterocycles. The quantitative estimate of drug-likeness (QED) is 0.210. The molecule has 8 nitrogen and oxygen atoms in total. The maximum Gasteiger partial charge on any atom is 0.436 e. The van der Waals surface area contributed by atoms with Crippen LogP contribution in [0.1, 0.15) is 36.6 Å². The zero-order chi connectivity index (χ0) is 26.2. The molecule has 3 aromatic rings. The molecule has 0 aliphatic heterocycles. The van der Waals surface area contributed by atoms with Gasteiger partial charge < -0.3 is 10.1 Å². The maximum absolute atomic E-state index is 13.3. The van der Waals surface area contributed by atoms with E-state index in [2.05, 4.69) is 26.3 Å². The fraction of sp³-hybridized carbons (Fsp3) is 0.273. The molecular formula is C22H16BrCl2F3N4O4. The summed E-state index contributed by atoms with van der Waals surface area (Å²) in [6.45, 7) is -0.106. The van der Waals surface area contributed by atoms with Crippen molar-refractivity contribution in [3.63, 3.8) is 0 Å². The van der Waals surface area contributed by atoms with Gasteiger partial charge in [0, 0.05) is 29.5 Å². The molecule has 0 spiro atoms. The molecule has 0 bridgehead atoms. The molecule has 0 atom stereocenters. The minimum atomic E-state index is -4.64. The van der Waals surface area contributed by atoms with Gasteiger partial charge in [0.2, 0.25) is 5.91 Å². The summed E-state index contributed by atoms with van der Waals surface area (Å²) in [4.78, 5) is 23.3. The highest BCUT2D eigenvalue weighted by Crippen LogP contribution is 2.47. The fourth-order valence-electron chi connectivity index (χ4n) is 3.49. The van der Waals surface area contributed by atoms with Gasteiger partial charge in [-0.05, 0) is 47.0 Å². The summed E-state index contributed by atoms with van der Waals surface area (Å²) in [5.74, 6) is -0.406. The number of nitro groups is 1. The van der Waals surface area contributed by atoms with E-state index in [1.54, 1.807) is 0 Å². The number of rotatable bonds is 8. The van der Waals surface area contributed by atoms with Gasteiger partial charge in [-0.1, -0.05) is 23.2 Å². The third-order valence-corrected chi connectivity index (χ3v) is 6.53. The minimum Gasteiger partial charge on any atom is -0.455 e. The highest BCUT2D eigenvalue weighted by Gasteiger charge is 2.41. The maximum atomic E-state index is 13.3. The van der Waals surface area contributed by atoms with Crippen LogP contribution in [-0.2, 0) is 17.5 Å². The number of aryl methyl sites for hydroxylation is 1. The average molecular weight is 608 g/mol. The Morgan fingerprint density at radius 1 is 1.25 bits per heavy atom. The number of anilines is 1. The summed E-state index contributed by atoms with van der Waals surface area (Å²) >= 11 is 15.0. The largest absolute Gasteiger partial charge is 0.455 e. The lowest BCUT2D eigenvalue weighted by Gasteiger charge is -2.11. The number of non-ortho nitro benzene ring substituents is 1. The average Bonchev–Trinajstić information content (AvgIpc) is 3.55. The third-order valence-electron chi connectivity index (χ3n) is 5.22. The number of benzene rings is 2. The number of nitrogens with one attached hydrogen (secondary N) is 1. The number of hydrogen-bond donors (Lipinski definition) is 1. The van der Waals surface area contributed by atoms with E-state index in [1.807, 2.05) is 0 Å². The van der Waals surface area contributed by atoms with E-state index in [9.17, 15) is 28.1 Å². The molecular weight excluding hydrogens is 592 g/mol. The first kappa shape index (κ1) is 26.2. The molecule has 2 aromatic carbocycles. The zero-order valence-corrected chi connectivity index (χ0v) is 21.2.